The molecule has 4 heteroatoms. The van der Waals surface area contributed by atoms with Gasteiger partial charge in [0.25, 0.3) is 0 Å². The average molecular weight is 262 g/mol. The third-order valence-electron chi connectivity index (χ3n) is 2.93. The summed E-state index contributed by atoms with van der Waals surface area (Å²) < 4.78 is 19.0. The molecule has 0 unspecified atom stereocenters. The minimum atomic E-state index is -0.294. The van der Waals surface area contributed by atoms with E-state index in [1.54, 1.807) is 18.2 Å². The van der Waals surface area contributed by atoms with Crippen LogP contribution in [-0.4, -0.2) is 10.7 Å². The highest BCUT2D eigenvalue weighted by Crippen LogP contribution is 2.27. The van der Waals surface area contributed by atoms with Crippen molar-refractivity contribution in [3.8, 4) is 11.3 Å². The van der Waals surface area contributed by atoms with Crippen molar-refractivity contribution in [3.05, 3.63) is 41.3 Å². The molecule has 0 spiro atoms. The van der Waals surface area contributed by atoms with Gasteiger partial charge in [-0.05, 0) is 39.8 Å². The summed E-state index contributed by atoms with van der Waals surface area (Å²) in [5.41, 5.74) is 2.15. The zero-order chi connectivity index (χ0) is 14.0. The highest BCUT2D eigenvalue weighted by Gasteiger charge is 2.18. The van der Waals surface area contributed by atoms with Crippen molar-refractivity contribution >= 4 is 0 Å². The second-order valence-corrected chi connectivity index (χ2v) is 5.67. The van der Waals surface area contributed by atoms with E-state index in [4.69, 9.17) is 4.52 Å². The lowest BCUT2D eigenvalue weighted by Crippen LogP contribution is -2.35. The van der Waals surface area contributed by atoms with E-state index in [2.05, 4.69) is 31.2 Å². The Morgan fingerprint density at radius 1 is 1.26 bits per heavy atom. The van der Waals surface area contributed by atoms with Gasteiger partial charge in [0.1, 0.15) is 11.5 Å². The van der Waals surface area contributed by atoms with Crippen LogP contribution in [0.3, 0.4) is 0 Å². The minimum absolute atomic E-state index is 0.00352. The number of halogens is 1. The first-order valence-electron chi connectivity index (χ1n) is 6.33. The van der Waals surface area contributed by atoms with E-state index in [0.29, 0.717) is 17.9 Å². The number of hydrogen-bond acceptors (Lipinski definition) is 3. The van der Waals surface area contributed by atoms with Gasteiger partial charge in [-0.15, -0.1) is 0 Å². The van der Waals surface area contributed by atoms with E-state index in [9.17, 15) is 4.39 Å². The molecular formula is C15H19FN2O. The lowest BCUT2D eigenvalue weighted by molar-refractivity contribution is 0.392. The summed E-state index contributed by atoms with van der Waals surface area (Å²) in [6, 6.07) is 6.56. The molecule has 19 heavy (non-hydrogen) atoms. The Morgan fingerprint density at radius 2 is 1.95 bits per heavy atom. The second kappa shape index (κ2) is 5.13. The Balaban J connectivity index is 2.26. The standard InChI is InChI=1S/C15H19FN2O/c1-10-13(9-17-15(2,3)4)18-19-14(10)11-7-5-6-8-12(11)16/h5-8,17H,9H2,1-4H3. The Labute approximate surface area is 112 Å². The van der Waals surface area contributed by atoms with Gasteiger partial charge in [-0.25, -0.2) is 4.39 Å². The maximum atomic E-state index is 13.7. The van der Waals surface area contributed by atoms with Gasteiger partial charge in [-0.3, -0.25) is 0 Å². The van der Waals surface area contributed by atoms with Crippen molar-refractivity contribution in [2.24, 2.45) is 0 Å². The first kappa shape index (κ1) is 13.7. The highest BCUT2D eigenvalue weighted by atomic mass is 19.1. The topological polar surface area (TPSA) is 38.1 Å². The van der Waals surface area contributed by atoms with Crippen molar-refractivity contribution in [2.45, 2.75) is 39.8 Å². The molecule has 3 nitrogen and oxygen atoms in total. The fourth-order valence-corrected chi connectivity index (χ4v) is 1.78. The van der Waals surface area contributed by atoms with Crippen LogP contribution < -0.4 is 5.32 Å². The second-order valence-electron chi connectivity index (χ2n) is 5.67. The summed E-state index contributed by atoms with van der Waals surface area (Å²) >= 11 is 0. The van der Waals surface area contributed by atoms with Crippen LogP contribution in [0.1, 0.15) is 32.0 Å². The minimum Gasteiger partial charge on any atom is -0.356 e. The van der Waals surface area contributed by atoms with Crippen molar-refractivity contribution in [1.82, 2.24) is 10.5 Å². The maximum absolute atomic E-state index is 13.7. The largest absolute Gasteiger partial charge is 0.356 e. The van der Waals surface area contributed by atoms with Gasteiger partial charge < -0.3 is 9.84 Å². The van der Waals surface area contributed by atoms with Crippen LogP contribution in [-0.2, 0) is 6.54 Å². The van der Waals surface area contributed by atoms with Crippen LogP contribution in [0.25, 0.3) is 11.3 Å². The van der Waals surface area contributed by atoms with Crippen LogP contribution in [0.15, 0.2) is 28.8 Å². The fraction of sp³-hybridized carbons (Fsp3) is 0.400. The van der Waals surface area contributed by atoms with Crippen LogP contribution in [0.2, 0.25) is 0 Å². The molecule has 0 aliphatic heterocycles. The monoisotopic (exact) mass is 262 g/mol. The normalized spacial score (nSPS) is 11.8. The van der Waals surface area contributed by atoms with Gasteiger partial charge in [-0.1, -0.05) is 17.3 Å². The number of aromatic nitrogens is 1. The summed E-state index contributed by atoms with van der Waals surface area (Å²) in [7, 11) is 0. The molecule has 0 saturated carbocycles. The zero-order valence-electron chi connectivity index (χ0n) is 11.7. The number of hydrogen-bond donors (Lipinski definition) is 1. The van der Waals surface area contributed by atoms with Gasteiger partial charge in [0, 0.05) is 17.6 Å². The first-order chi connectivity index (χ1) is 8.88. The van der Waals surface area contributed by atoms with Crippen LogP contribution in [0.4, 0.5) is 4.39 Å². The van der Waals surface area contributed by atoms with Gasteiger partial charge in [-0.2, -0.15) is 0 Å². The molecule has 0 amide bonds. The number of nitrogens with zero attached hydrogens (tertiary/aromatic N) is 1. The van der Waals surface area contributed by atoms with E-state index >= 15 is 0 Å². The lowest BCUT2D eigenvalue weighted by atomic mass is 10.1. The number of benzene rings is 1. The van der Waals surface area contributed by atoms with E-state index in [1.807, 2.05) is 6.92 Å². The summed E-state index contributed by atoms with van der Waals surface area (Å²) in [6.07, 6.45) is 0. The Kier molecular flexibility index (Phi) is 3.71. The van der Waals surface area contributed by atoms with Crippen molar-refractivity contribution in [2.75, 3.05) is 0 Å². The average Bonchev–Trinajstić information content (AvgIpc) is 2.68. The molecule has 1 aromatic heterocycles. The van der Waals surface area contributed by atoms with E-state index in [0.717, 1.165) is 11.3 Å². The Morgan fingerprint density at radius 3 is 2.58 bits per heavy atom. The molecule has 0 atom stereocenters. The summed E-state index contributed by atoms with van der Waals surface area (Å²) in [4.78, 5) is 0. The zero-order valence-corrected chi connectivity index (χ0v) is 11.7. The van der Waals surface area contributed by atoms with E-state index < -0.39 is 0 Å². The molecule has 0 aliphatic rings. The number of rotatable bonds is 3. The third-order valence-corrected chi connectivity index (χ3v) is 2.93. The molecule has 102 valence electrons. The summed E-state index contributed by atoms with van der Waals surface area (Å²) in [5.74, 6) is 0.209. The SMILES string of the molecule is Cc1c(CNC(C)(C)C)noc1-c1ccccc1F. The van der Waals surface area contributed by atoms with Gasteiger partial charge in [0.15, 0.2) is 5.76 Å². The predicted octanol–water partition coefficient (Wildman–Crippen LogP) is 3.68. The summed E-state index contributed by atoms with van der Waals surface area (Å²) in [5, 5.41) is 7.37. The molecule has 1 heterocycles. The van der Waals surface area contributed by atoms with E-state index in [-0.39, 0.29) is 11.4 Å². The molecule has 1 aromatic carbocycles. The van der Waals surface area contributed by atoms with Crippen LogP contribution in [0, 0.1) is 12.7 Å². The van der Waals surface area contributed by atoms with Crippen LogP contribution in [0.5, 0.6) is 0 Å². The number of nitrogens with one attached hydrogen (secondary N) is 1. The lowest BCUT2D eigenvalue weighted by Gasteiger charge is -2.19. The molecule has 0 aliphatic carbocycles. The molecule has 1 N–H and O–H groups in total. The van der Waals surface area contributed by atoms with Gasteiger partial charge >= 0.3 is 0 Å². The molecule has 0 fully saturated rings. The fourth-order valence-electron chi connectivity index (χ4n) is 1.78. The van der Waals surface area contributed by atoms with Crippen LogP contribution >= 0.6 is 0 Å². The Hall–Kier alpha value is -1.68. The van der Waals surface area contributed by atoms with Crippen molar-refractivity contribution < 1.29 is 8.91 Å². The molecule has 2 aromatic rings. The van der Waals surface area contributed by atoms with Crippen molar-refractivity contribution in [1.29, 1.82) is 0 Å². The van der Waals surface area contributed by atoms with Gasteiger partial charge in [0.05, 0.1) is 5.56 Å². The van der Waals surface area contributed by atoms with Crippen molar-refractivity contribution in [3.63, 3.8) is 0 Å². The predicted molar refractivity (Wildman–Crippen MR) is 73.2 cm³/mol. The molecule has 2 rings (SSSR count). The smallest absolute Gasteiger partial charge is 0.173 e. The summed E-state index contributed by atoms with van der Waals surface area (Å²) in [6.45, 7) is 8.76. The van der Waals surface area contributed by atoms with E-state index in [1.165, 1.54) is 6.07 Å². The van der Waals surface area contributed by atoms with Gasteiger partial charge in [0.2, 0.25) is 0 Å². The molecule has 0 radical (unpaired) electrons. The Bertz CT molecular complexity index is 570. The highest BCUT2D eigenvalue weighted by molar-refractivity contribution is 5.62. The third kappa shape index (κ3) is 3.20. The quantitative estimate of drug-likeness (QED) is 0.917. The maximum Gasteiger partial charge on any atom is 0.173 e. The molecular weight excluding hydrogens is 243 g/mol. The molecule has 0 bridgehead atoms. The molecule has 0 saturated heterocycles. The first-order valence-corrected chi connectivity index (χ1v) is 6.33.